The lowest BCUT2D eigenvalue weighted by atomic mass is 10.2. The number of hydrogen-bond acceptors (Lipinski definition) is 4. The fourth-order valence-electron chi connectivity index (χ4n) is 1.36. The van der Waals surface area contributed by atoms with Gasteiger partial charge in [-0.05, 0) is 12.0 Å². The minimum Gasteiger partial charge on any atom is -0.298 e. The smallest absolute Gasteiger partial charge is 0.259 e. The highest BCUT2D eigenvalue weighted by Gasteiger charge is 2.14. The number of carbonyl (C=O) groups is 1. The third kappa shape index (κ3) is 3.43. The van der Waals surface area contributed by atoms with Gasteiger partial charge in [0.2, 0.25) is 0 Å². The number of rotatable bonds is 3. The highest BCUT2D eigenvalue weighted by atomic mass is 35.5. The molecule has 0 radical (unpaired) electrons. The summed E-state index contributed by atoms with van der Waals surface area (Å²) in [6.45, 7) is 4.08. The van der Waals surface area contributed by atoms with Crippen molar-refractivity contribution in [2.24, 2.45) is 0 Å². The second-order valence-electron chi connectivity index (χ2n) is 4.17. The molecule has 1 amide bonds. The zero-order valence-corrected chi connectivity index (χ0v) is 12.6. The number of hydrogen-bond donors (Lipinski definition) is 1. The first-order valence-electron chi connectivity index (χ1n) is 5.55. The molecule has 1 N–H and O–H groups in total. The number of nitrogens with zero attached hydrogens (tertiary/aromatic N) is 2. The van der Waals surface area contributed by atoms with Crippen LogP contribution in [0.15, 0.2) is 17.6 Å². The maximum Gasteiger partial charge on any atom is 0.259 e. The Bertz CT molecular complexity index is 613. The second kappa shape index (κ2) is 5.86. The topological polar surface area (TPSA) is 54.9 Å². The summed E-state index contributed by atoms with van der Waals surface area (Å²) >= 11 is 13.0. The molecule has 0 aromatic carbocycles. The quantitative estimate of drug-likeness (QED) is 0.863. The van der Waals surface area contributed by atoms with Gasteiger partial charge in [0, 0.05) is 11.6 Å². The van der Waals surface area contributed by atoms with Crippen molar-refractivity contribution in [3.63, 3.8) is 0 Å². The summed E-state index contributed by atoms with van der Waals surface area (Å²) in [7, 11) is 0. The van der Waals surface area contributed by atoms with E-state index in [1.165, 1.54) is 23.6 Å². The summed E-state index contributed by atoms with van der Waals surface area (Å²) in [6.07, 6.45) is 1.35. The number of aromatic nitrogens is 2. The van der Waals surface area contributed by atoms with E-state index >= 15 is 0 Å². The molecule has 0 aliphatic carbocycles. The molecule has 2 rings (SSSR count). The largest absolute Gasteiger partial charge is 0.298 e. The molecule has 0 bridgehead atoms. The van der Waals surface area contributed by atoms with Gasteiger partial charge in [-0.15, -0.1) is 11.3 Å². The highest BCUT2D eigenvalue weighted by molar-refractivity contribution is 7.14. The Balaban J connectivity index is 2.18. The van der Waals surface area contributed by atoms with Crippen LogP contribution in [-0.2, 0) is 0 Å². The van der Waals surface area contributed by atoms with Gasteiger partial charge >= 0.3 is 0 Å². The SMILES string of the molecule is CC(C)c1csc(NC(=O)c2cc(Cl)ncc2Cl)n1. The first-order chi connectivity index (χ1) is 8.97. The van der Waals surface area contributed by atoms with Crippen LogP contribution < -0.4 is 5.32 Å². The van der Waals surface area contributed by atoms with Crippen molar-refractivity contribution in [3.8, 4) is 0 Å². The number of anilines is 1. The van der Waals surface area contributed by atoms with Crippen molar-refractivity contribution in [3.05, 3.63) is 39.1 Å². The number of carbonyl (C=O) groups excluding carboxylic acids is 1. The molecular formula is C12H11Cl2N3OS. The molecule has 0 fully saturated rings. The van der Waals surface area contributed by atoms with Crippen LogP contribution in [-0.4, -0.2) is 15.9 Å². The molecular weight excluding hydrogens is 305 g/mol. The summed E-state index contributed by atoms with van der Waals surface area (Å²) in [6, 6.07) is 1.43. The van der Waals surface area contributed by atoms with Gasteiger partial charge in [0.05, 0.1) is 16.3 Å². The minimum absolute atomic E-state index is 0.219. The zero-order valence-electron chi connectivity index (χ0n) is 10.3. The molecule has 2 aromatic rings. The van der Waals surface area contributed by atoms with Gasteiger partial charge in [0.25, 0.3) is 5.91 Å². The van der Waals surface area contributed by atoms with Crippen LogP contribution in [0.1, 0.15) is 35.8 Å². The second-order valence-corrected chi connectivity index (χ2v) is 5.83. The first kappa shape index (κ1) is 14.2. The predicted molar refractivity (Wildman–Crippen MR) is 78.4 cm³/mol. The van der Waals surface area contributed by atoms with Crippen molar-refractivity contribution in [1.29, 1.82) is 0 Å². The predicted octanol–water partition coefficient (Wildman–Crippen LogP) is 4.22. The maximum atomic E-state index is 12.1. The van der Waals surface area contributed by atoms with E-state index < -0.39 is 0 Å². The maximum absolute atomic E-state index is 12.1. The summed E-state index contributed by atoms with van der Waals surface area (Å²) < 4.78 is 0. The third-order valence-electron chi connectivity index (χ3n) is 2.40. The van der Waals surface area contributed by atoms with Crippen LogP contribution in [0.3, 0.4) is 0 Å². The summed E-state index contributed by atoms with van der Waals surface area (Å²) in [4.78, 5) is 20.2. The van der Waals surface area contributed by atoms with E-state index in [4.69, 9.17) is 23.2 Å². The molecule has 2 aromatic heterocycles. The lowest BCUT2D eigenvalue weighted by Gasteiger charge is -2.04. The Morgan fingerprint density at radius 3 is 2.79 bits per heavy atom. The van der Waals surface area contributed by atoms with E-state index in [-0.39, 0.29) is 21.6 Å². The average molecular weight is 316 g/mol. The summed E-state index contributed by atoms with van der Waals surface area (Å²) in [5, 5.41) is 5.63. The van der Waals surface area contributed by atoms with Crippen LogP contribution >= 0.6 is 34.5 Å². The monoisotopic (exact) mass is 315 g/mol. The third-order valence-corrected chi connectivity index (χ3v) is 3.68. The Morgan fingerprint density at radius 2 is 2.16 bits per heavy atom. The molecule has 0 unspecified atom stereocenters. The Hall–Kier alpha value is -1.17. The molecule has 0 spiro atoms. The number of pyridine rings is 1. The highest BCUT2D eigenvalue weighted by Crippen LogP contribution is 2.23. The van der Waals surface area contributed by atoms with Crippen LogP contribution in [0.25, 0.3) is 0 Å². The van der Waals surface area contributed by atoms with Gasteiger partial charge in [0.15, 0.2) is 5.13 Å². The molecule has 2 heterocycles. The van der Waals surface area contributed by atoms with Crippen LogP contribution in [0.4, 0.5) is 5.13 Å². The van der Waals surface area contributed by atoms with Gasteiger partial charge in [-0.2, -0.15) is 0 Å². The van der Waals surface area contributed by atoms with Crippen LogP contribution in [0.5, 0.6) is 0 Å². The normalized spacial score (nSPS) is 10.8. The van der Waals surface area contributed by atoms with Gasteiger partial charge in [-0.3, -0.25) is 10.1 Å². The molecule has 100 valence electrons. The molecule has 0 aliphatic heterocycles. The van der Waals surface area contributed by atoms with E-state index in [0.717, 1.165) is 5.69 Å². The Kier molecular flexibility index (Phi) is 4.39. The van der Waals surface area contributed by atoms with E-state index in [2.05, 4.69) is 15.3 Å². The van der Waals surface area contributed by atoms with Crippen molar-refractivity contribution < 1.29 is 4.79 Å². The fourth-order valence-corrected chi connectivity index (χ4v) is 2.57. The number of halogens is 2. The number of thiazole rings is 1. The molecule has 7 heteroatoms. The molecule has 4 nitrogen and oxygen atoms in total. The molecule has 0 saturated carbocycles. The summed E-state index contributed by atoms with van der Waals surface area (Å²) in [5.41, 5.74) is 1.22. The lowest BCUT2D eigenvalue weighted by molar-refractivity contribution is 0.102. The fraction of sp³-hybridized carbons (Fsp3) is 0.250. The lowest BCUT2D eigenvalue weighted by Crippen LogP contribution is -2.12. The zero-order chi connectivity index (χ0) is 14.0. The van der Waals surface area contributed by atoms with Crippen molar-refractivity contribution in [1.82, 2.24) is 9.97 Å². The minimum atomic E-state index is -0.348. The van der Waals surface area contributed by atoms with Crippen molar-refractivity contribution in [2.75, 3.05) is 5.32 Å². The van der Waals surface area contributed by atoms with Crippen molar-refractivity contribution in [2.45, 2.75) is 19.8 Å². The number of amides is 1. The standard InChI is InChI=1S/C12H11Cl2N3OS/c1-6(2)9-5-19-12(16-9)17-11(18)7-3-10(14)15-4-8(7)13/h3-6H,1-2H3,(H,16,17,18). The van der Waals surface area contributed by atoms with E-state index in [9.17, 15) is 4.79 Å². The van der Waals surface area contributed by atoms with Gasteiger partial charge in [-0.1, -0.05) is 37.0 Å². The molecule has 0 aliphatic rings. The molecule has 0 atom stereocenters. The first-order valence-corrected chi connectivity index (χ1v) is 7.18. The number of nitrogens with one attached hydrogen (secondary N) is 1. The van der Waals surface area contributed by atoms with Gasteiger partial charge in [-0.25, -0.2) is 9.97 Å². The van der Waals surface area contributed by atoms with E-state index in [1.54, 1.807) is 0 Å². The van der Waals surface area contributed by atoms with Crippen LogP contribution in [0.2, 0.25) is 10.2 Å². The Morgan fingerprint density at radius 1 is 1.42 bits per heavy atom. The van der Waals surface area contributed by atoms with Crippen molar-refractivity contribution >= 4 is 45.6 Å². The van der Waals surface area contributed by atoms with E-state index in [1.807, 2.05) is 19.2 Å². The Labute approximate surface area is 124 Å². The molecule has 19 heavy (non-hydrogen) atoms. The van der Waals surface area contributed by atoms with Crippen LogP contribution in [0, 0.1) is 0 Å². The van der Waals surface area contributed by atoms with Gasteiger partial charge in [0.1, 0.15) is 5.15 Å². The summed E-state index contributed by atoms with van der Waals surface area (Å²) in [5.74, 6) is -0.0279. The van der Waals surface area contributed by atoms with Gasteiger partial charge < -0.3 is 0 Å². The average Bonchev–Trinajstić information content (AvgIpc) is 2.80. The van der Waals surface area contributed by atoms with E-state index in [0.29, 0.717) is 11.0 Å². The molecule has 0 saturated heterocycles.